The number of nitrogens with zero attached hydrogens (tertiary/aromatic N) is 2. The van der Waals surface area contributed by atoms with E-state index in [1.165, 1.54) is 225 Å². The number of hydrogen-bond donors (Lipinski definition) is 0. The summed E-state index contributed by atoms with van der Waals surface area (Å²) in [6, 6.07) is 0. The van der Waals surface area contributed by atoms with Crippen molar-refractivity contribution in [1.29, 1.82) is 0 Å². The molecule has 0 bridgehead atoms. The summed E-state index contributed by atoms with van der Waals surface area (Å²) in [5.74, 6) is 1.62. The Hall–Kier alpha value is -0.790. The third kappa shape index (κ3) is 25.1. The zero-order chi connectivity index (χ0) is 30.9. The first-order valence-electron chi connectivity index (χ1n) is 20.4. The standard InChI is InChI=1S/C41H81N2/c1-4-7-10-13-16-19-20-21-22-23-24-25-26-27-30-33-36-41-42(37-34-31-28-17-14-11-8-5-2)39-40-43(41)38-35-32-29-18-15-12-9-6-3/h39-40H,4-38H2,1-3H3/q+1. The number of rotatable bonds is 35. The van der Waals surface area contributed by atoms with Crippen molar-refractivity contribution in [3.8, 4) is 0 Å². The lowest BCUT2D eigenvalue weighted by atomic mass is 10.0. The van der Waals surface area contributed by atoms with Gasteiger partial charge in [-0.15, -0.1) is 0 Å². The minimum atomic E-state index is 1.23. The molecule has 1 aromatic rings. The maximum Gasteiger partial charge on any atom is 0.256 e. The van der Waals surface area contributed by atoms with Crippen LogP contribution in [0, 0.1) is 0 Å². The number of hydrogen-bond acceptors (Lipinski definition) is 0. The molecule has 43 heavy (non-hydrogen) atoms. The second-order valence-corrected chi connectivity index (χ2v) is 14.1. The maximum atomic E-state index is 2.63. The molecule has 0 spiro atoms. The molecule has 2 nitrogen and oxygen atoms in total. The quantitative estimate of drug-likeness (QED) is 0.0540. The van der Waals surface area contributed by atoms with Crippen molar-refractivity contribution in [2.24, 2.45) is 0 Å². The second-order valence-electron chi connectivity index (χ2n) is 14.1. The van der Waals surface area contributed by atoms with Crippen LogP contribution in [0.3, 0.4) is 0 Å². The van der Waals surface area contributed by atoms with Crippen LogP contribution in [0.15, 0.2) is 12.4 Å². The summed E-state index contributed by atoms with van der Waals surface area (Å²) in [5.41, 5.74) is 0. The van der Waals surface area contributed by atoms with Gasteiger partial charge in [0.15, 0.2) is 0 Å². The largest absolute Gasteiger partial charge is 0.256 e. The van der Waals surface area contributed by atoms with E-state index in [0.29, 0.717) is 0 Å². The summed E-state index contributed by atoms with van der Waals surface area (Å²) in [4.78, 5) is 0. The van der Waals surface area contributed by atoms with Gasteiger partial charge in [0.25, 0.3) is 5.82 Å². The van der Waals surface area contributed by atoms with Crippen LogP contribution in [0.25, 0.3) is 0 Å². The Morgan fingerprint density at radius 2 is 0.721 bits per heavy atom. The van der Waals surface area contributed by atoms with E-state index in [-0.39, 0.29) is 0 Å². The molecule has 1 rings (SSSR count). The van der Waals surface area contributed by atoms with Crippen molar-refractivity contribution in [3.63, 3.8) is 0 Å². The van der Waals surface area contributed by atoms with Gasteiger partial charge in [-0.2, -0.15) is 0 Å². The molecule has 0 saturated carbocycles. The Kier molecular flexibility index (Phi) is 30.5. The Morgan fingerprint density at radius 1 is 0.395 bits per heavy atom. The van der Waals surface area contributed by atoms with E-state index in [2.05, 4.69) is 42.3 Å². The molecule has 0 aliphatic heterocycles. The molecule has 2 heteroatoms. The Bertz CT molecular complexity index is 625. The van der Waals surface area contributed by atoms with Crippen LogP contribution in [0.4, 0.5) is 0 Å². The fraction of sp³-hybridized carbons (Fsp3) is 0.927. The lowest BCUT2D eigenvalue weighted by Crippen LogP contribution is -2.37. The predicted molar refractivity (Wildman–Crippen MR) is 193 cm³/mol. The molecule has 0 radical (unpaired) electrons. The SMILES string of the molecule is CCCCCCCCCCCCCCCCCCc1n(CCCCCCCCCC)cc[n+]1CCCCCCCCCC. The molecule has 0 aliphatic carbocycles. The number of aromatic nitrogens is 2. The molecule has 0 saturated heterocycles. The number of aryl methyl sites for hydroxylation is 2. The first-order chi connectivity index (χ1) is 21.3. The molecule has 0 unspecified atom stereocenters. The molecule has 0 amide bonds. The summed E-state index contributed by atoms with van der Waals surface area (Å²) in [6.07, 6.45) is 51.9. The van der Waals surface area contributed by atoms with Crippen molar-refractivity contribution >= 4 is 0 Å². The van der Waals surface area contributed by atoms with Gasteiger partial charge in [-0.3, -0.25) is 0 Å². The summed E-state index contributed by atoms with van der Waals surface area (Å²) >= 11 is 0. The minimum absolute atomic E-state index is 1.23. The average molecular weight is 602 g/mol. The highest BCUT2D eigenvalue weighted by molar-refractivity contribution is 4.84. The van der Waals surface area contributed by atoms with Crippen LogP contribution in [0.2, 0.25) is 0 Å². The average Bonchev–Trinajstić information content (AvgIpc) is 3.40. The van der Waals surface area contributed by atoms with Crippen molar-refractivity contribution in [2.45, 2.75) is 246 Å². The minimum Gasteiger partial charge on any atom is -0.234 e. The zero-order valence-electron chi connectivity index (χ0n) is 30.3. The second kappa shape index (κ2) is 32.6. The van der Waals surface area contributed by atoms with E-state index in [4.69, 9.17) is 0 Å². The van der Waals surface area contributed by atoms with E-state index >= 15 is 0 Å². The van der Waals surface area contributed by atoms with E-state index in [1.807, 2.05) is 0 Å². The molecule has 1 aromatic heterocycles. The first kappa shape index (κ1) is 40.2. The third-order valence-corrected chi connectivity index (χ3v) is 9.85. The van der Waals surface area contributed by atoms with Gasteiger partial charge in [0.2, 0.25) is 0 Å². The number of imidazole rings is 1. The third-order valence-electron chi connectivity index (χ3n) is 9.85. The van der Waals surface area contributed by atoms with Crippen LogP contribution in [0.1, 0.15) is 232 Å². The van der Waals surface area contributed by atoms with E-state index in [1.54, 1.807) is 5.82 Å². The van der Waals surface area contributed by atoms with Crippen LogP contribution in [-0.4, -0.2) is 4.57 Å². The van der Waals surface area contributed by atoms with Crippen molar-refractivity contribution in [1.82, 2.24) is 4.57 Å². The fourth-order valence-corrected chi connectivity index (χ4v) is 6.86. The van der Waals surface area contributed by atoms with Crippen molar-refractivity contribution in [2.75, 3.05) is 0 Å². The van der Waals surface area contributed by atoms with Gasteiger partial charge in [-0.05, 0) is 32.1 Å². The Morgan fingerprint density at radius 3 is 1.12 bits per heavy atom. The van der Waals surface area contributed by atoms with E-state index in [0.717, 1.165) is 0 Å². The Labute approximate surface area is 272 Å². The smallest absolute Gasteiger partial charge is 0.234 e. The van der Waals surface area contributed by atoms with Gasteiger partial charge in [-0.1, -0.05) is 194 Å². The van der Waals surface area contributed by atoms with Crippen LogP contribution < -0.4 is 4.57 Å². The zero-order valence-corrected chi connectivity index (χ0v) is 30.3. The predicted octanol–water partition coefficient (Wildman–Crippen LogP) is 13.9. The molecule has 1 heterocycles. The molecule has 0 atom stereocenters. The number of unbranched alkanes of at least 4 members (excludes halogenated alkanes) is 29. The van der Waals surface area contributed by atoms with Gasteiger partial charge in [0.1, 0.15) is 12.4 Å². The highest BCUT2D eigenvalue weighted by Gasteiger charge is 2.16. The van der Waals surface area contributed by atoms with Gasteiger partial charge in [0.05, 0.1) is 13.1 Å². The topological polar surface area (TPSA) is 8.81 Å². The van der Waals surface area contributed by atoms with Crippen LogP contribution in [-0.2, 0) is 19.5 Å². The first-order valence-corrected chi connectivity index (χ1v) is 20.4. The van der Waals surface area contributed by atoms with Gasteiger partial charge < -0.3 is 0 Å². The molecule has 254 valence electrons. The highest BCUT2D eigenvalue weighted by atomic mass is 15.1. The lowest BCUT2D eigenvalue weighted by molar-refractivity contribution is -0.704. The molecular weight excluding hydrogens is 520 g/mol. The normalized spacial score (nSPS) is 11.6. The molecule has 0 aromatic carbocycles. The summed E-state index contributed by atoms with van der Waals surface area (Å²) in [6.45, 7) is 9.40. The summed E-state index contributed by atoms with van der Waals surface area (Å²) in [5, 5.41) is 0. The molecule has 0 fully saturated rings. The molecule has 0 aliphatic rings. The van der Waals surface area contributed by atoms with Gasteiger partial charge in [-0.25, -0.2) is 9.13 Å². The van der Waals surface area contributed by atoms with E-state index in [9.17, 15) is 0 Å². The van der Waals surface area contributed by atoms with Gasteiger partial charge >= 0.3 is 0 Å². The fourth-order valence-electron chi connectivity index (χ4n) is 6.86. The van der Waals surface area contributed by atoms with Crippen LogP contribution in [0.5, 0.6) is 0 Å². The molecular formula is C41H81N2+. The monoisotopic (exact) mass is 602 g/mol. The van der Waals surface area contributed by atoms with E-state index < -0.39 is 0 Å². The highest BCUT2D eigenvalue weighted by Crippen LogP contribution is 2.16. The van der Waals surface area contributed by atoms with Crippen LogP contribution >= 0.6 is 0 Å². The summed E-state index contributed by atoms with van der Waals surface area (Å²) < 4.78 is 5.26. The van der Waals surface area contributed by atoms with Crippen molar-refractivity contribution in [3.05, 3.63) is 18.2 Å². The maximum absolute atomic E-state index is 2.63. The van der Waals surface area contributed by atoms with Gasteiger partial charge in [0, 0.05) is 6.42 Å². The molecule has 0 N–H and O–H groups in total. The lowest BCUT2D eigenvalue weighted by Gasteiger charge is -2.07. The van der Waals surface area contributed by atoms with Crippen molar-refractivity contribution < 1.29 is 4.57 Å². The Balaban J connectivity index is 2.23. The summed E-state index contributed by atoms with van der Waals surface area (Å²) in [7, 11) is 0.